The first-order valence-corrected chi connectivity index (χ1v) is 9.33. The van der Waals surface area contributed by atoms with Crippen molar-refractivity contribution in [3.63, 3.8) is 0 Å². The molecule has 6 nitrogen and oxygen atoms in total. The molecule has 0 bridgehead atoms. The molecule has 3 rings (SSSR count). The van der Waals surface area contributed by atoms with Gasteiger partial charge in [-0.25, -0.2) is 4.98 Å². The number of anilines is 1. The maximum Gasteiger partial charge on any atom is 0.242 e. The minimum Gasteiger partial charge on any atom is -0.378 e. The number of aryl methyl sites for hydroxylation is 1. The van der Waals surface area contributed by atoms with Gasteiger partial charge in [-0.15, -0.1) is 0 Å². The normalized spacial score (nSPS) is 15.6. The van der Waals surface area contributed by atoms with Gasteiger partial charge in [0.1, 0.15) is 11.9 Å². The van der Waals surface area contributed by atoms with Gasteiger partial charge in [-0.2, -0.15) is 0 Å². The Balaban J connectivity index is 1.72. The molecule has 1 aromatic heterocycles. The third-order valence-electron chi connectivity index (χ3n) is 4.75. The fourth-order valence-corrected chi connectivity index (χ4v) is 3.43. The van der Waals surface area contributed by atoms with Crippen molar-refractivity contribution in [2.75, 3.05) is 45.3 Å². The van der Waals surface area contributed by atoms with E-state index in [4.69, 9.17) is 4.74 Å². The summed E-state index contributed by atoms with van der Waals surface area (Å²) in [6.07, 6.45) is 1.80. The van der Waals surface area contributed by atoms with E-state index in [1.165, 1.54) is 0 Å². The predicted molar refractivity (Wildman–Crippen MR) is 107 cm³/mol. The second-order valence-corrected chi connectivity index (χ2v) is 7.08. The molecule has 0 aliphatic carbocycles. The topological polar surface area (TPSA) is 57.7 Å². The smallest absolute Gasteiger partial charge is 0.242 e. The van der Waals surface area contributed by atoms with Crippen LogP contribution in [0.5, 0.6) is 0 Å². The Morgan fingerprint density at radius 1 is 1.26 bits per heavy atom. The van der Waals surface area contributed by atoms with Gasteiger partial charge in [0.2, 0.25) is 5.91 Å². The largest absolute Gasteiger partial charge is 0.378 e. The molecule has 144 valence electrons. The summed E-state index contributed by atoms with van der Waals surface area (Å²) in [4.78, 5) is 21.6. The molecule has 2 aromatic rings. The van der Waals surface area contributed by atoms with Crippen molar-refractivity contribution >= 4 is 11.7 Å². The van der Waals surface area contributed by atoms with Gasteiger partial charge in [0.25, 0.3) is 0 Å². The monoisotopic (exact) mass is 368 g/mol. The maximum atomic E-state index is 13.0. The van der Waals surface area contributed by atoms with E-state index in [1.807, 2.05) is 56.3 Å². The number of nitrogens with one attached hydrogen (secondary N) is 1. The molecule has 1 amide bonds. The molecule has 0 saturated carbocycles. The van der Waals surface area contributed by atoms with Crippen LogP contribution in [0.3, 0.4) is 0 Å². The van der Waals surface area contributed by atoms with Gasteiger partial charge in [0.15, 0.2) is 0 Å². The molecule has 6 heteroatoms. The summed E-state index contributed by atoms with van der Waals surface area (Å²) >= 11 is 0. The summed E-state index contributed by atoms with van der Waals surface area (Å²) in [5.74, 6) is 0.917. The molecule has 27 heavy (non-hydrogen) atoms. The lowest BCUT2D eigenvalue weighted by molar-refractivity contribution is -0.125. The van der Waals surface area contributed by atoms with Crippen LogP contribution in [0.2, 0.25) is 0 Å². The van der Waals surface area contributed by atoms with Gasteiger partial charge in [0.05, 0.1) is 13.2 Å². The number of aromatic nitrogens is 1. The quantitative estimate of drug-likeness (QED) is 0.847. The highest BCUT2D eigenvalue weighted by molar-refractivity contribution is 5.83. The lowest BCUT2D eigenvalue weighted by Gasteiger charge is -2.29. The zero-order chi connectivity index (χ0) is 19.2. The number of carbonyl (C=O) groups is 1. The summed E-state index contributed by atoms with van der Waals surface area (Å²) in [5, 5.41) is 3.10. The van der Waals surface area contributed by atoms with Crippen LogP contribution in [0.15, 0.2) is 42.6 Å². The van der Waals surface area contributed by atoms with E-state index in [2.05, 4.69) is 21.3 Å². The molecule has 1 fully saturated rings. The fourth-order valence-electron chi connectivity index (χ4n) is 3.43. The van der Waals surface area contributed by atoms with Crippen LogP contribution in [-0.4, -0.2) is 56.2 Å². The molecular weight excluding hydrogens is 340 g/mol. The lowest BCUT2D eigenvalue weighted by atomic mass is 10.0. The number of pyridine rings is 1. The third kappa shape index (κ3) is 4.84. The van der Waals surface area contributed by atoms with Gasteiger partial charge < -0.3 is 15.0 Å². The van der Waals surface area contributed by atoms with Gasteiger partial charge in [-0.05, 0) is 32.6 Å². The summed E-state index contributed by atoms with van der Waals surface area (Å²) < 4.78 is 5.43. The van der Waals surface area contributed by atoms with Crippen molar-refractivity contribution in [1.29, 1.82) is 0 Å². The highest BCUT2D eigenvalue weighted by atomic mass is 16.5. The fraction of sp³-hybridized carbons (Fsp3) is 0.429. The van der Waals surface area contributed by atoms with E-state index in [0.717, 1.165) is 35.6 Å². The van der Waals surface area contributed by atoms with Crippen LogP contribution < -0.4 is 10.2 Å². The molecule has 1 N–H and O–H groups in total. The van der Waals surface area contributed by atoms with Gasteiger partial charge in [0, 0.05) is 31.4 Å². The van der Waals surface area contributed by atoms with Crippen molar-refractivity contribution in [2.24, 2.45) is 0 Å². The molecule has 0 spiro atoms. The Morgan fingerprint density at radius 2 is 2.04 bits per heavy atom. The van der Waals surface area contributed by atoms with Crippen LogP contribution in [0.4, 0.5) is 5.82 Å². The number of amides is 1. The number of hydrogen-bond donors (Lipinski definition) is 1. The van der Waals surface area contributed by atoms with E-state index in [1.54, 1.807) is 6.20 Å². The average molecular weight is 368 g/mol. The number of benzene rings is 1. The van der Waals surface area contributed by atoms with Crippen LogP contribution >= 0.6 is 0 Å². The summed E-state index contributed by atoms with van der Waals surface area (Å²) in [6, 6.07) is 11.7. The predicted octanol–water partition coefficient (Wildman–Crippen LogP) is 2.15. The van der Waals surface area contributed by atoms with Crippen LogP contribution in [0.1, 0.15) is 22.7 Å². The Labute approximate surface area is 161 Å². The van der Waals surface area contributed by atoms with Gasteiger partial charge in [-0.3, -0.25) is 9.69 Å². The van der Waals surface area contributed by atoms with Crippen molar-refractivity contribution in [3.05, 3.63) is 59.3 Å². The minimum absolute atomic E-state index is 0.0117. The number of rotatable bonds is 6. The first kappa shape index (κ1) is 19.3. The average Bonchev–Trinajstić information content (AvgIpc) is 2.67. The zero-order valence-corrected chi connectivity index (χ0v) is 16.3. The number of morpholine rings is 1. The van der Waals surface area contributed by atoms with Crippen molar-refractivity contribution < 1.29 is 9.53 Å². The third-order valence-corrected chi connectivity index (χ3v) is 4.75. The number of carbonyl (C=O) groups excluding carboxylic acids is 1. The first-order chi connectivity index (χ1) is 13.1. The summed E-state index contributed by atoms with van der Waals surface area (Å²) in [7, 11) is 3.85. The molecule has 1 saturated heterocycles. The number of ether oxygens (including phenoxy) is 1. The van der Waals surface area contributed by atoms with Gasteiger partial charge >= 0.3 is 0 Å². The molecule has 1 aromatic carbocycles. The zero-order valence-electron chi connectivity index (χ0n) is 16.3. The highest BCUT2D eigenvalue weighted by Gasteiger charge is 2.23. The lowest BCUT2D eigenvalue weighted by Crippen LogP contribution is -2.39. The molecule has 1 aliphatic heterocycles. The molecule has 2 heterocycles. The number of likely N-dealkylation sites (N-methyl/N-ethyl adjacent to an activating group) is 1. The second kappa shape index (κ2) is 8.97. The number of hydrogen-bond acceptors (Lipinski definition) is 5. The Bertz CT molecular complexity index is 772. The van der Waals surface area contributed by atoms with E-state index < -0.39 is 0 Å². The van der Waals surface area contributed by atoms with E-state index in [9.17, 15) is 4.79 Å². The first-order valence-electron chi connectivity index (χ1n) is 9.33. The molecular formula is C21H28N4O2. The summed E-state index contributed by atoms with van der Waals surface area (Å²) in [5.41, 5.74) is 3.17. The van der Waals surface area contributed by atoms with E-state index >= 15 is 0 Å². The van der Waals surface area contributed by atoms with Crippen molar-refractivity contribution in [1.82, 2.24) is 15.2 Å². The van der Waals surface area contributed by atoms with E-state index in [-0.39, 0.29) is 11.9 Å². The van der Waals surface area contributed by atoms with Crippen LogP contribution in [0.25, 0.3) is 0 Å². The molecule has 0 radical (unpaired) electrons. The SMILES string of the molecule is Cc1cccc([C@@H](C(=O)NCc2cccnc2N2CCOCC2)N(C)C)c1. The van der Waals surface area contributed by atoms with Gasteiger partial charge in [-0.1, -0.05) is 35.9 Å². The molecule has 1 atom stereocenters. The Hall–Kier alpha value is -2.44. The van der Waals surface area contributed by atoms with Crippen LogP contribution in [-0.2, 0) is 16.1 Å². The molecule has 1 aliphatic rings. The van der Waals surface area contributed by atoms with Crippen molar-refractivity contribution in [3.8, 4) is 0 Å². The Kier molecular flexibility index (Phi) is 6.42. The van der Waals surface area contributed by atoms with E-state index in [0.29, 0.717) is 19.8 Å². The standard InChI is InChI=1S/C21H28N4O2/c1-16-6-4-7-17(14-16)19(24(2)3)21(26)23-15-18-8-5-9-22-20(18)25-10-12-27-13-11-25/h4-9,14,19H,10-13,15H2,1-3H3,(H,23,26)/t19-/m0/s1. The maximum absolute atomic E-state index is 13.0. The highest BCUT2D eigenvalue weighted by Crippen LogP contribution is 2.21. The van der Waals surface area contributed by atoms with Crippen LogP contribution in [0, 0.1) is 6.92 Å². The number of nitrogens with zero attached hydrogens (tertiary/aromatic N) is 3. The Morgan fingerprint density at radius 3 is 2.74 bits per heavy atom. The summed E-state index contributed by atoms with van der Waals surface area (Å²) in [6.45, 7) is 5.55. The van der Waals surface area contributed by atoms with Crippen molar-refractivity contribution in [2.45, 2.75) is 19.5 Å². The second-order valence-electron chi connectivity index (χ2n) is 7.08. The molecule has 0 unspecified atom stereocenters. The minimum atomic E-state index is -0.326.